The van der Waals surface area contributed by atoms with E-state index in [1.165, 1.54) is 0 Å². The van der Waals surface area contributed by atoms with Gasteiger partial charge < -0.3 is 10.4 Å². The summed E-state index contributed by atoms with van der Waals surface area (Å²) in [7, 11) is 0. The van der Waals surface area contributed by atoms with Gasteiger partial charge in [-0.15, -0.1) is 0 Å². The second-order valence-electron chi connectivity index (χ2n) is 4.43. The summed E-state index contributed by atoms with van der Waals surface area (Å²) in [4.78, 5) is 15.7. The predicted molar refractivity (Wildman–Crippen MR) is 66.6 cm³/mol. The second kappa shape index (κ2) is 5.17. The van der Waals surface area contributed by atoms with Gasteiger partial charge in [0.15, 0.2) is 0 Å². The minimum atomic E-state index is -0.899. The van der Waals surface area contributed by atoms with Gasteiger partial charge >= 0.3 is 5.97 Å². The lowest BCUT2D eigenvalue weighted by atomic mass is 9.95. The number of nitrogens with one attached hydrogen (secondary N) is 1. The van der Waals surface area contributed by atoms with Crippen LogP contribution in [-0.4, -0.2) is 22.6 Å². The fourth-order valence-corrected chi connectivity index (χ4v) is 2.17. The van der Waals surface area contributed by atoms with Crippen molar-refractivity contribution in [1.82, 2.24) is 4.98 Å². The van der Waals surface area contributed by atoms with Gasteiger partial charge in [-0.3, -0.25) is 0 Å². The number of hydrogen-bond acceptors (Lipinski definition) is 3. The predicted octanol–water partition coefficient (Wildman–Crippen LogP) is 2.48. The highest BCUT2D eigenvalue weighted by atomic mass is 16.4. The van der Waals surface area contributed by atoms with Crippen molar-refractivity contribution >= 4 is 11.8 Å². The Labute approximate surface area is 101 Å². The van der Waals surface area contributed by atoms with Gasteiger partial charge in [-0.05, 0) is 43.7 Å². The third-order valence-corrected chi connectivity index (χ3v) is 3.07. The lowest BCUT2D eigenvalue weighted by Crippen LogP contribution is -2.14. The van der Waals surface area contributed by atoms with Crippen LogP contribution in [0.15, 0.2) is 6.07 Å². The number of fused-ring (bicyclic) bond motifs is 1. The molecule has 1 aliphatic rings. The molecule has 0 saturated heterocycles. The number of rotatable bonds is 4. The number of pyridine rings is 1. The van der Waals surface area contributed by atoms with E-state index >= 15 is 0 Å². The van der Waals surface area contributed by atoms with Crippen LogP contribution >= 0.6 is 0 Å². The Hall–Kier alpha value is -1.58. The van der Waals surface area contributed by atoms with E-state index < -0.39 is 5.97 Å². The molecule has 92 valence electrons. The molecule has 0 aliphatic heterocycles. The van der Waals surface area contributed by atoms with E-state index in [1.807, 2.05) is 6.92 Å². The first kappa shape index (κ1) is 11.9. The summed E-state index contributed by atoms with van der Waals surface area (Å²) in [5.41, 5.74) is 2.48. The highest BCUT2D eigenvalue weighted by Gasteiger charge is 2.18. The Bertz CT molecular complexity index is 430. The molecule has 0 fully saturated rings. The molecule has 0 aromatic carbocycles. The smallest absolute Gasteiger partial charge is 0.339 e. The van der Waals surface area contributed by atoms with Crippen molar-refractivity contribution in [3.63, 3.8) is 0 Å². The lowest BCUT2D eigenvalue weighted by Gasteiger charge is -2.17. The summed E-state index contributed by atoms with van der Waals surface area (Å²) in [5, 5.41) is 12.3. The van der Waals surface area contributed by atoms with Crippen molar-refractivity contribution in [2.24, 2.45) is 0 Å². The average molecular weight is 234 g/mol. The van der Waals surface area contributed by atoms with Crippen molar-refractivity contribution in [2.75, 3.05) is 11.9 Å². The SMILES string of the molecule is CCCNc1nc2c(cc1C(=O)O)CCCC2. The molecule has 2 N–H and O–H groups in total. The molecule has 1 heterocycles. The topological polar surface area (TPSA) is 62.2 Å². The lowest BCUT2D eigenvalue weighted by molar-refractivity contribution is 0.0697. The molecule has 2 rings (SSSR count). The van der Waals surface area contributed by atoms with Crippen LogP contribution in [-0.2, 0) is 12.8 Å². The maximum absolute atomic E-state index is 11.2. The molecular weight excluding hydrogens is 216 g/mol. The largest absolute Gasteiger partial charge is 0.478 e. The van der Waals surface area contributed by atoms with Crippen LogP contribution in [0.4, 0.5) is 5.82 Å². The molecule has 0 saturated carbocycles. The molecule has 0 amide bonds. The highest BCUT2D eigenvalue weighted by Crippen LogP contribution is 2.24. The zero-order valence-corrected chi connectivity index (χ0v) is 10.1. The molecule has 0 atom stereocenters. The Morgan fingerprint density at radius 3 is 2.94 bits per heavy atom. The summed E-state index contributed by atoms with van der Waals surface area (Å²) in [6.45, 7) is 2.80. The van der Waals surface area contributed by atoms with Gasteiger partial charge in [0.05, 0.1) is 0 Å². The number of carboxylic acids is 1. The minimum Gasteiger partial charge on any atom is -0.478 e. The van der Waals surface area contributed by atoms with Crippen LogP contribution < -0.4 is 5.32 Å². The molecule has 4 nitrogen and oxygen atoms in total. The normalized spacial score (nSPS) is 14.2. The van der Waals surface area contributed by atoms with E-state index in [-0.39, 0.29) is 0 Å². The van der Waals surface area contributed by atoms with Gasteiger partial charge in [-0.2, -0.15) is 0 Å². The van der Waals surface area contributed by atoms with Crippen LogP contribution in [0.1, 0.15) is 47.8 Å². The first-order valence-electron chi connectivity index (χ1n) is 6.22. The van der Waals surface area contributed by atoms with Crippen LogP contribution in [0.25, 0.3) is 0 Å². The third-order valence-electron chi connectivity index (χ3n) is 3.07. The molecule has 0 bridgehead atoms. The standard InChI is InChI=1S/C13H18N2O2/c1-2-7-14-12-10(13(16)17)8-9-5-3-4-6-11(9)15-12/h8H,2-7H2,1H3,(H,14,15)(H,16,17). The number of hydrogen-bond donors (Lipinski definition) is 2. The number of carboxylic acid groups (broad SMARTS) is 1. The number of aromatic nitrogens is 1. The molecule has 0 radical (unpaired) electrons. The molecular formula is C13H18N2O2. The molecule has 0 spiro atoms. The van der Waals surface area contributed by atoms with E-state index in [1.54, 1.807) is 6.07 Å². The van der Waals surface area contributed by atoms with Gasteiger partial charge in [-0.1, -0.05) is 6.92 Å². The summed E-state index contributed by atoms with van der Waals surface area (Å²) in [5.74, 6) is -0.371. The third kappa shape index (κ3) is 2.57. The van der Waals surface area contributed by atoms with Crippen LogP contribution in [0.5, 0.6) is 0 Å². The second-order valence-corrected chi connectivity index (χ2v) is 4.43. The zero-order valence-electron chi connectivity index (χ0n) is 10.1. The number of nitrogens with zero attached hydrogens (tertiary/aromatic N) is 1. The molecule has 1 aromatic heterocycles. The Balaban J connectivity index is 2.37. The van der Waals surface area contributed by atoms with Crippen molar-refractivity contribution < 1.29 is 9.90 Å². The Kier molecular flexibility index (Phi) is 3.61. The minimum absolute atomic E-state index is 0.305. The number of carbonyl (C=O) groups is 1. The monoisotopic (exact) mass is 234 g/mol. The van der Waals surface area contributed by atoms with Crippen molar-refractivity contribution in [3.8, 4) is 0 Å². The Morgan fingerprint density at radius 1 is 1.47 bits per heavy atom. The summed E-state index contributed by atoms with van der Waals surface area (Å²) < 4.78 is 0. The summed E-state index contributed by atoms with van der Waals surface area (Å²) in [6, 6.07) is 1.79. The zero-order chi connectivity index (χ0) is 12.3. The van der Waals surface area contributed by atoms with Gasteiger partial charge in [0.25, 0.3) is 0 Å². The summed E-state index contributed by atoms with van der Waals surface area (Å²) >= 11 is 0. The molecule has 17 heavy (non-hydrogen) atoms. The average Bonchev–Trinajstić information content (AvgIpc) is 2.35. The quantitative estimate of drug-likeness (QED) is 0.840. The van der Waals surface area contributed by atoms with E-state index in [9.17, 15) is 9.90 Å². The van der Waals surface area contributed by atoms with Crippen molar-refractivity contribution in [1.29, 1.82) is 0 Å². The van der Waals surface area contributed by atoms with Crippen LogP contribution in [0.3, 0.4) is 0 Å². The van der Waals surface area contributed by atoms with Crippen LogP contribution in [0, 0.1) is 0 Å². The molecule has 1 aliphatic carbocycles. The van der Waals surface area contributed by atoms with Gasteiger partial charge in [-0.25, -0.2) is 9.78 Å². The van der Waals surface area contributed by atoms with E-state index in [0.29, 0.717) is 11.4 Å². The Morgan fingerprint density at radius 2 is 2.24 bits per heavy atom. The van der Waals surface area contributed by atoms with E-state index in [4.69, 9.17) is 0 Å². The van der Waals surface area contributed by atoms with E-state index in [0.717, 1.165) is 49.9 Å². The van der Waals surface area contributed by atoms with Crippen molar-refractivity contribution in [2.45, 2.75) is 39.0 Å². The molecule has 0 unspecified atom stereocenters. The molecule has 1 aromatic rings. The molecule has 4 heteroatoms. The van der Waals surface area contributed by atoms with Gasteiger partial charge in [0, 0.05) is 12.2 Å². The maximum Gasteiger partial charge on any atom is 0.339 e. The fraction of sp³-hybridized carbons (Fsp3) is 0.538. The van der Waals surface area contributed by atoms with Crippen molar-refractivity contribution in [3.05, 3.63) is 22.9 Å². The van der Waals surface area contributed by atoms with Crippen LogP contribution in [0.2, 0.25) is 0 Å². The fourth-order valence-electron chi connectivity index (χ4n) is 2.17. The maximum atomic E-state index is 11.2. The summed E-state index contributed by atoms with van der Waals surface area (Å²) in [6.07, 6.45) is 5.17. The van der Waals surface area contributed by atoms with Gasteiger partial charge in [0.1, 0.15) is 11.4 Å². The number of aromatic carboxylic acids is 1. The number of aryl methyl sites for hydroxylation is 2. The first-order valence-corrected chi connectivity index (χ1v) is 6.22. The van der Waals surface area contributed by atoms with E-state index in [2.05, 4.69) is 10.3 Å². The van der Waals surface area contributed by atoms with Gasteiger partial charge in [0.2, 0.25) is 0 Å². The highest BCUT2D eigenvalue weighted by molar-refractivity contribution is 5.93. The number of anilines is 1. The first-order chi connectivity index (χ1) is 8.22.